The van der Waals surface area contributed by atoms with Crippen LogP contribution >= 0.6 is 0 Å². The lowest BCUT2D eigenvalue weighted by atomic mass is 9.96. The number of nitrogens with one attached hydrogen (secondary N) is 1. The molecule has 0 radical (unpaired) electrons. The zero-order chi connectivity index (χ0) is 12.8. The molecule has 1 N–H and O–H groups in total. The van der Waals surface area contributed by atoms with Crippen LogP contribution in [0.3, 0.4) is 0 Å². The van der Waals surface area contributed by atoms with E-state index in [2.05, 4.69) is 5.32 Å². The Morgan fingerprint density at radius 1 is 1.11 bits per heavy atom. The highest BCUT2D eigenvalue weighted by atomic mass is 19.2. The van der Waals surface area contributed by atoms with Crippen LogP contribution in [0.1, 0.15) is 32.1 Å². The second-order valence-electron chi connectivity index (χ2n) is 4.71. The minimum Gasteiger partial charge on any atom is -0.492 e. The van der Waals surface area contributed by atoms with Gasteiger partial charge in [-0.2, -0.15) is 0 Å². The molecule has 1 aliphatic carbocycles. The minimum atomic E-state index is -0.868. The molecule has 0 spiro atoms. The van der Waals surface area contributed by atoms with Gasteiger partial charge in [0.05, 0.1) is 0 Å². The van der Waals surface area contributed by atoms with Crippen molar-refractivity contribution in [2.45, 2.75) is 38.1 Å². The van der Waals surface area contributed by atoms with Gasteiger partial charge in [0.1, 0.15) is 12.4 Å². The molecule has 1 saturated carbocycles. The van der Waals surface area contributed by atoms with E-state index in [1.165, 1.54) is 38.2 Å². The van der Waals surface area contributed by atoms with Crippen molar-refractivity contribution in [2.24, 2.45) is 0 Å². The second-order valence-corrected chi connectivity index (χ2v) is 4.71. The number of hydrogen-bond donors (Lipinski definition) is 1. The maximum atomic E-state index is 12.9. The van der Waals surface area contributed by atoms with Crippen LogP contribution in [-0.2, 0) is 0 Å². The summed E-state index contributed by atoms with van der Waals surface area (Å²) in [4.78, 5) is 0. The Kier molecular flexibility index (Phi) is 4.93. The van der Waals surface area contributed by atoms with Crippen LogP contribution in [0, 0.1) is 11.6 Å². The highest BCUT2D eigenvalue weighted by Crippen LogP contribution is 2.17. The number of halogens is 2. The maximum Gasteiger partial charge on any atom is 0.162 e. The summed E-state index contributed by atoms with van der Waals surface area (Å²) in [5.41, 5.74) is 0. The zero-order valence-electron chi connectivity index (χ0n) is 10.4. The highest BCUT2D eigenvalue weighted by molar-refractivity contribution is 5.23. The minimum absolute atomic E-state index is 0.374. The molecule has 0 atom stereocenters. The molecular formula is C14H19F2NO. The number of benzene rings is 1. The van der Waals surface area contributed by atoms with Crippen molar-refractivity contribution >= 4 is 0 Å². The fraction of sp³-hybridized carbons (Fsp3) is 0.571. The lowest BCUT2D eigenvalue weighted by Gasteiger charge is -2.22. The van der Waals surface area contributed by atoms with Crippen molar-refractivity contribution < 1.29 is 13.5 Å². The van der Waals surface area contributed by atoms with Gasteiger partial charge in [-0.3, -0.25) is 0 Å². The predicted molar refractivity (Wildman–Crippen MR) is 66.7 cm³/mol. The molecule has 0 bridgehead atoms. The van der Waals surface area contributed by atoms with Crippen LogP contribution in [0.5, 0.6) is 5.75 Å². The van der Waals surface area contributed by atoms with Gasteiger partial charge < -0.3 is 10.1 Å². The Morgan fingerprint density at radius 3 is 2.61 bits per heavy atom. The van der Waals surface area contributed by atoms with Gasteiger partial charge in [0.15, 0.2) is 11.6 Å². The van der Waals surface area contributed by atoms with E-state index in [9.17, 15) is 8.78 Å². The summed E-state index contributed by atoms with van der Waals surface area (Å²) in [6.07, 6.45) is 6.38. The van der Waals surface area contributed by atoms with Crippen LogP contribution in [0.15, 0.2) is 18.2 Å². The molecule has 0 saturated heterocycles. The SMILES string of the molecule is Fc1ccc(OCCNC2CCCCC2)cc1F. The monoisotopic (exact) mass is 255 g/mol. The van der Waals surface area contributed by atoms with Crippen molar-refractivity contribution in [2.75, 3.05) is 13.2 Å². The lowest BCUT2D eigenvalue weighted by Crippen LogP contribution is -2.34. The molecule has 1 aromatic rings. The standard InChI is InChI=1S/C14H19F2NO/c15-13-7-6-12(10-14(13)16)18-9-8-17-11-4-2-1-3-5-11/h6-7,10-11,17H,1-5,8-9H2. The second kappa shape index (κ2) is 6.69. The van der Waals surface area contributed by atoms with Crippen LogP contribution in [0.25, 0.3) is 0 Å². The molecule has 2 nitrogen and oxygen atoms in total. The molecule has 18 heavy (non-hydrogen) atoms. The van der Waals surface area contributed by atoms with E-state index < -0.39 is 11.6 Å². The van der Waals surface area contributed by atoms with Crippen molar-refractivity contribution in [1.29, 1.82) is 0 Å². The van der Waals surface area contributed by atoms with E-state index in [0.717, 1.165) is 18.7 Å². The first kappa shape index (κ1) is 13.3. The van der Waals surface area contributed by atoms with Crippen LogP contribution in [0.4, 0.5) is 8.78 Å². The highest BCUT2D eigenvalue weighted by Gasteiger charge is 2.11. The Bertz CT molecular complexity index is 378. The van der Waals surface area contributed by atoms with Gasteiger partial charge >= 0.3 is 0 Å². The van der Waals surface area contributed by atoms with E-state index in [1.807, 2.05) is 0 Å². The predicted octanol–water partition coefficient (Wildman–Crippen LogP) is 3.27. The Hall–Kier alpha value is -1.16. The molecule has 0 unspecified atom stereocenters. The fourth-order valence-electron chi connectivity index (χ4n) is 2.31. The van der Waals surface area contributed by atoms with Crippen molar-refractivity contribution in [1.82, 2.24) is 5.32 Å². The summed E-state index contributed by atoms with van der Waals surface area (Å²) in [5, 5.41) is 3.43. The molecule has 1 aromatic carbocycles. The smallest absolute Gasteiger partial charge is 0.162 e. The van der Waals surface area contributed by atoms with Gasteiger partial charge in [-0.05, 0) is 25.0 Å². The molecule has 2 rings (SSSR count). The summed E-state index contributed by atoms with van der Waals surface area (Å²) in [7, 11) is 0. The van der Waals surface area contributed by atoms with Crippen LogP contribution < -0.4 is 10.1 Å². The van der Waals surface area contributed by atoms with E-state index in [0.29, 0.717) is 18.4 Å². The third kappa shape index (κ3) is 3.95. The zero-order valence-corrected chi connectivity index (χ0v) is 10.4. The number of ether oxygens (including phenoxy) is 1. The fourth-order valence-corrected chi connectivity index (χ4v) is 2.31. The Labute approximate surface area is 106 Å². The average Bonchev–Trinajstić information content (AvgIpc) is 2.40. The first-order chi connectivity index (χ1) is 8.75. The first-order valence-corrected chi connectivity index (χ1v) is 6.57. The molecule has 1 fully saturated rings. The maximum absolute atomic E-state index is 12.9. The van der Waals surface area contributed by atoms with Gasteiger partial charge in [0.2, 0.25) is 0 Å². The Balaban J connectivity index is 1.66. The number of rotatable bonds is 5. The van der Waals surface area contributed by atoms with Crippen molar-refractivity contribution in [3.8, 4) is 5.75 Å². The quantitative estimate of drug-likeness (QED) is 0.815. The summed E-state index contributed by atoms with van der Waals surface area (Å²) in [5.74, 6) is -1.34. The van der Waals surface area contributed by atoms with E-state index in [-0.39, 0.29) is 0 Å². The van der Waals surface area contributed by atoms with E-state index in [4.69, 9.17) is 4.74 Å². The van der Waals surface area contributed by atoms with E-state index in [1.54, 1.807) is 0 Å². The van der Waals surface area contributed by atoms with Gasteiger partial charge in [0, 0.05) is 18.7 Å². The summed E-state index contributed by atoms with van der Waals surface area (Å²) in [6.45, 7) is 1.21. The third-order valence-corrected chi connectivity index (χ3v) is 3.30. The summed E-state index contributed by atoms with van der Waals surface area (Å²) in [6, 6.07) is 4.20. The average molecular weight is 255 g/mol. The topological polar surface area (TPSA) is 21.3 Å². The molecule has 0 heterocycles. The van der Waals surface area contributed by atoms with Gasteiger partial charge in [0.25, 0.3) is 0 Å². The molecule has 100 valence electrons. The van der Waals surface area contributed by atoms with Gasteiger partial charge in [-0.1, -0.05) is 19.3 Å². The third-order valence-electron chi connectivity index (χ3n) is 3.30. The molecule has 0 aromatic heterocycles. The molecular weight excluding hydrogens is 236 g/mol. The normalized spacial score (nSPS) is 16.8. The lowest BCUT2D eigenvalue weighted by molar-refractivity contribution is 0.287. The van der Waals surface area contributed by atoms with Gasteiger partial charge in [-0.25, -0.2) is 8.78 Å². The van der Waals surface area contributed by atoms with Crippen LogP contribution in [0.2, 0.25) is 0 Å². The van der Waals surface area contributed by atoms with Crippen molar-refractivity contribution in [3.63, 3.8) is 0 Å². The van der Waals surface area contributed by atoms with Gasteiger partial charge in [-0.15, -0.1) is 0 Å². The van der Waals surface area contributed by atoms with E-state index >= 15 is 0 Å². The number of hydrogen-bond acceptors (Lipinski definition) is 2. The van der Waals surface area contributed by atoms with Crippen molar-refractivity contribution in [3.05, 3.63) is 29.8 Å². The molecule has 0 aliphatic heterocycles. The summed E-state index contributed by atoms with van der Waals surface area (Å²) < 4.78 is 31.0. The first-order valence-electron chi connectivity index (χ1n) is 6.57. The molecule has 0 amide bonds. The Morgan fingerprint density at radius 2 is 1.89 bits per heavy atom. The largest absolute Gasteiger partial charge is 0.492 e. The summed E-state index contributed by atoms with van der Waals surface area (Å²) >= 11 is 0. The van der Waals surface area contributed by atoms with Crippen LogP contribution in [-0.4, -0.2) is 19.2 Å². The molecule has 4 heteroatoms. The molecule has 1 aliphatic rings.